The van der Waals surface area contributed by atoms with Gasteiger partial charge in [-0.05, 0) is 18.2 Å². The van der Waals surface area contributed by atoms with Crippen LogP contribution in [0.1, 0.15) is 5.69 Å². The minimum Gasteiger partial charge on any atom is -0.351 e. The summed E-state index contributed by atoms with van der Waals surface area (Å²) in [5.74, 6) is 0.575. The first-order valence-corrected chi connectivity index (χ1v) is 3.72. The normalized spacial score (nSPS) is 11.0. The molecule has 0 fully saturated rings. The Bertz CT molecular complexity index is 225. The summed E-state index contributed by atoms with van der Waals surface area (Å²) in [5.41, 5.74) is 1.18. The molecule has 10 heavy (non-hydrogen) atoms. The maximum absolute atomic E-state index is 5.47. The van der Waals surface area contributed by atoms with E-state index in [2.05, 4.69) is 0 Å². The van der Waals surface area contributed by atoms with Gasteiger partial charge in [0, 0.05) is 24.8 Å². The first-order chi connectivity index (χ1) is 4.84. The van der Waals surface area contributed by atoms with E-state index in [1.165, 1.54) is 5.69 Å². The molecule has 0 aliphatic rings. The van der Waals surface area contributed by atoms with Crippen molar-refractivity contribution in [3.63, 3.8) is 0 Å². The van der Waals surface area contributed by atoms with Crippen LogP contribution >= 0.6 is 11.6 Å². The molecule has 1 aromatic rings. The summed E-state index contributed by atoms with van der Waals surface area (Å²) < 4.78 is 2.04. The molecule has 0 aromatic carbocycles. The van der Waals surface area contributed by atoms with E-state index in [1.807, 2.05) is 42.1 Å². The quantitative estimate of drug-likeness (QED) is 0.578. The maximum atomic E-state index is 5.47. The second-order valence-corrected chi connectivity index (χ2v) is 2.41. The van der Waals surface area contributed by atoms with Crippen molar-refractivity contribution < 1.29 is 0 Å². The third-order valence-electron chi connectivity index (χ3n) is 1.36. The fourth-order valence-electron chi connectivity index (χ4n) is 0.813. The van der Waals surface area contributed by atoms with Crippen LogP contribution in [0.5, 0.6) is 0 Å². The van der Waals surface area contributed by atoms with Crippen molar-refractivity contribution in [3.05, 3.63) is 30.1 Å². The summed E-state index contributed by atoms with van der Waals surface area (Å²) in [6, 6.07) is 4.05. The van der Waals surface area contributed by atoms with Gasteiger partial charge in [-0.25, -0.2) is 0 Å². The topological polar surface area (TPSA) is 4.93 Å². The van der Waals surface area contributed by atoms with E-state index in [9.17, 15) is 0 Å². The molecule has 0 saturated carbocycles. The number of rotatable bonds is 2. The van der Waals surface area contributed by atoms with Gasteiger partial charge < -0.3 is 4.57 Å². The molecule has 0 saturated heterocycles. The van der Waals surface area contributed by atoms with Crippen LogP contribution in [0.4, 0.5) is 0 Å². The van der Waals surface area contributed by atoms with Crippen LogP contribution in [0.25, 0.3) is 6.08 Å². The lowest BCUT2D eigenvalue weighted by Gasteiger charge is -1.93. The highest BCUT2D eigenvalue weighted by Crippen LogP contribution is 2.01. The highest BCUT2D eigenvalue weighted by molar-refractivity contribution is 6.19. The van der Waals surface area contributed by atoms with Gasteiger partial charge in [0.15, 0.2) is 0 Å². The Hall–Kier alpha value is -0.690. The van der Waals surface area contributed by atoms with Gasteiger partial charge in [0.1, 0.15) is 0 Å². The number of aromatic nitrogens is 1. The van der Waals surface area contributed by atoms with Gasteiger partial charge in [0.25, 0.3) is 0 Å². The molecule has 0 bridgehead atoms. The largest absolute Gasteiger partial charge is 0.351 e. The number of halogens is 1. The number of alkyl halides is 1. The molecular weight excluding hydrogens is 146 g/mol. The standard InChI is InChI=1S/C8H10ClN/c1-10-7-3-5-8(10)4-2-6-9/h2-5,7H,6H2,1H3. The average Bonchev–Trinajstić information content (AvgIpc) is 2.31. The Balaban J connectivity index is 2.74. The molecule has 54 valence electrons. The van der Waals surface area contributed by atoms with Gasteiger partial charge in [0.05, 0.1) is 0 Å². The molecule has 1 aromatic heterocycles. The number of hydrogen-bond donors (Lipinski definition) is 0. The van der Waals surface area contributed by atoms with Crippen LogP contribution < -0.4 is 0 Å². The second-order valence-electron chi connectivity index (χ2n) is 2.10. The van der Waals surface area contributed by atoms with Gasteiger partial charge in [-0.2, -0.15) is 0 Å². The molecule has 0 aliphatic carbocycles. The number of allylic oxidation sites excluding steroid dienone is 1. The van der Waals surface area contributed by atoms with Crippen LogP contribution in [0.3, 0.4) is 0 Å². The number of aryl methyl sites for hydroxylation is 1. The Morgan fingerprint density at radius 3 is 3.00 bits per heavy atom. The average molecular weight is 156 g/mol. The van der Waals surface area contributed by atoms with Gasteiger partial charge >= 0.3 is 0 Å². The SMILES string of the molecule is Cn1cccc1C=CCCl. The number of nitrogens with zero attached hydrogens (tertiary/aromatic N) is 1. The zero-order valence-electron chi connectivity index (χ0n) is 5.92. The molecule has 1 nitrogen and oxygen atoms in total. The third kappa shape index (κ3) is 1.64. The fraction of sp³-hybridized carbons (Fsp3) is 0.250. The summed E-state index contributed by atoms with van der Waals surface area (Å²) in [6.07, 6.45) is 5.94. The molecule has 0 spiro atoms. The summed E-state index contributed by atoms with van der Waals surface area (Å²) in [7, 11) is 2.01. The van der Waals surface area contributed by atoms with Crippen LogP contribution in [0.2, 0.25) is 0 Å². The molecule has 0 unspecified atom stereocenters. The van der Waals surface area contributed by atoms with Crippen LogP contribution in [0, 0.1) is 0 Å². The zero-order chi connectivity index (χ0) is 7.40. The maximum Gasteiger partial charge on any atom is 0.0407 e. The summed E-state index contributed by atoms with van der Waals surface area (Å²) in [5, 5.41) is 0. The molecule has 0 aliphatic heterocycles. The van der Waals surface area contributed by atoms with E-state index in [0.29, 0.717) is 5.88 Å². The first-order valence-electron chi connectivity index (χ1n) is 3.18. The van der Waals surface area contributed by atoms with E-state index in [-0.39, 0.29) is 0 Å². The Morgan fingerprint density at radius 1 is 1.70 bits per heavy atom. The van der Waals surface area contributed by atoms with Gasteiger partial charge in [-0.15, -0.1) is 11.6 Å². The molecule has 0 radical (unpaired) electrons. The van der Waals surface area contributed by atoms with Crippen molar-refractivity contribution in [2.24, 2.45) is 7.05 Å². The predicted molar refractivity (Wildman–Crippen MR) is 45.2 cm³/mol. The lowest BCUT2D eigenvalue weighted by Crippen LogP contribution is -1.86. The van der Waals surface area contributed by atoms with Crippen molar-refractivity contribution in [2.45, 2.75) is 0 Å². The van der Waals surface area contributed by atoms with Crippen molar-refractivity contribution in [1.29, 1.82) is 0 Å². The smallest absolute Gasteiger partial charge is 0.0407 e. The van der Waals surface area contributed by atoms with Gasteiger partial charge in [-0.3, -0.25) is 0 Å². The Morgan fingerprint density at radius 2 is 2.50 bits per heavy atom. The van der Waals surface area contributed by atoms with Gasteiger partial charge in [-0.1, -0.05) is 6.08 Å². The zero-order valence-corrected chi connectivity index (χ0v) is 6.67. The van der Waals surface area contributed by atoms with Crippen LogP contribution in [-0.4, -0.2) is 10.4 Å². The van der Waals surface area contributed by atoms with Crippen molar-refractivity contribution in [3.8, 4) is 0 Å². The van der Waals surface area contributed by atoms with Crippen LogP contribution in [0.15, 0.2) is 24.4 Å². The second kappa shape index (κ2) is 3.47. The van der Waals surface area contributed by atoms with E-state index in [0.717, 1.165) is 0 Å². The van der Waals surface area contributed by atoms with Crippen molar-refractivity contribution >= 4 is 17.7 Å². The predicted octanol–water partition coefficient (Wildman–Crippen LogP) is 2.28. The van der Waals surface area contributed by atoms with Crippen molar-refractivity contribution in [2.75, 3.05) is 5.88 Å². The van der Waals surface area contributed by atoms with E-state index in [4.69, 9.17) is 11.6 Å². The minimum atomic E-state index is 0.575. The molecular formula is C8H10ClN. The lowest BCUT2D eigenvalue weighted by atomic mass is 10.4. The number of hydrogen-bond acceptors (Lipinski definition) is 0. The van der Waals surface area contributed by atoms with E-state index < -0.39 is 0 Å². The van der Waals surface area contributed by atoms with E-state index >= 15 is 0 Å². The highest BCUT2D eigenvalue weighted by atomic mass is 35.5. The van der Waals surface area contributed by atoms with Crippen molar-refractivity contribution in [1.82, 2.24) is 4.57 Å². The molecule has 1 heterocycles. The fourth-order valence-corrected chi connectivity index (χ4v) is 0.902. The summed E-state index contributed by atoms with van der Waals surface area (Å²) >= 11 is 5.47. The molecule has 2 heteroatoms. The minimum absolute atomic E-state index is 0.575. The van der Waals surface area contributed by atoms with E-state index in [1.54, 1.807) is 0 Å². The summed E-state index contributed by atoms with van der Waals surface area (Å²) in [6.45, 7) is 0. The Kier molecular flexibility index (Phi) is 2.57. The lowest BCUT2D eigenvalue weighted by molar-refractivity contribution is 0.915. The summed E-state index contributed by atoms with van der Waals surface area (Å²) in [4.78, 5) is 0. The van der Waals surface area contributed by atoms with Crippen LogP contribution in [-0.2, 0) is 7.05 Å². The molecule has 1 rings (SSSR count). The first kappa shape index (κ1) is 7.42. The molecule has 0 N–H and O–H groups in total. The van der Waals surface area contributed by atoms with Gasteiger partial charge in [0.2, 0.25) is 0 Å². The molecule has 0 amide bonds. The Labute approximate surface area is 65.9 Å². The third-order valence-corrected chi connectivity index (χ3v) is 1.54. The molecule has 0 atom stereocenters. The monoisotopic (exact) mass is 155 g/mol. The highest BCUT2D eigenvalue weighted by Gasteiger charge is 1.87.